The van der Waals surface area contributed by atoms with Crippen LogP contribution in [0.1, 0.15) is 78.6 Å². The van der Waals surface area contributed by atoms with E-state index in [2.05, 4.69) is 20.8 Å². The molecule has 0 aromatic carbocycles. The molecule has 3 nitrogen and oxygen atoms in total. The fraction of sp³-hybridized carbons (Fsp3) is 0.957. The molecule has 1 aliphatic heterocycles. The Morgan fingerprint density at radius 2 is 1.58 bits per heavy atom. The van der Waals surface area contributed by atoms with Crippen LogP contribution in [-0.2, 0) is 14.3 Å². The third-order valence-corrected chi connectivity index (χ3v) is 9.98. The Labute approximate surface area is 158 Å². The summed E-state index contributed by atoms with van der Waals surface area (Å²) in [5.41, 5.74) is 0.786. The molecular weight excluding hydrogens is 324 g/mol. The van der Waals surface area contributed by atoms with Crippen molar-refractivity contribution in [3.05, 3.63) is 0 Å². The van der Waals surface area contributed by atoms with E-state index >= 15 is 0 Å². The number of fused-ring (bicyclic) bond motifs is 5. The minimum absolute atomic E-state index is 0.352. The molecule has 5 fully saturated rings. The van der Waals surface area contributed by atoms with Crippen molar-refractivity contribution in [2.75, 3.05) is 13.2 Å². The number of rotatable bonds is 1. The summed E-state index contributed by atoms with van der Waals surface area (Å²) in [7, 11) is 0. The molecule has 0 N–H and O–H groups in total. The van der Waals surface area contributed by atoms with E-state index in [1.54, 1.807) is 0 Å². The highest BCUT2D eigenvalue weighted by Crippen LogP contribution is 2.68. The van der Waals surface area contributed by atoms with Gasteiger partial charge in [-0.2, -0.15) is 0 Å². The van der Waals surface area contributed by atoms with E-state index in [0.717, 1.165) is 50.2 Å². The van der Waals surface area contributed by atoms with Crippen LogP contribution in [0.25, 0.3) is 0 Å². The molecule has 7 atom stereocenters. The third-order valence-electron chi connectivity index (χ3n) is 9.98. The Morgan fingerprint density at radius 1 is 0.846 bits per heavy atom. The largest absolute Gasteiger partial charge is 0.348 e. The lowest BCUT2D eigenvalue weighted by atomic mass is 9.44. The number of ether oxygens (including phenoxy) is 2. The minimum Gasteiger partial charge on any atom is -0.348 e. The molecule has 0 aromatic heterocycles. The van der Waals surface area contributed by atoms with Crippen LogP contribution in [0.3, 0.4) is 0 Å². The van der Waals surface area contributed by atoms with Crippen molar-refractivity contribution in [2.45, 2.75) is 84.3 Å². The second-order valence-corrected chi connectivity index (χ2v) is 10.8. The normalized spacial score (nSPS) is 53.0. The van der Waals surface area contributed by atoms with E-state index in [0.29, 0.717) is 28.4 Å². The number of hydrogen-bond donors (Lipinski definition) is 0. The minimum atomic E-state index is -0.352. The molecule has 0 aromatic rings. The predicted molar refractivity (Wildman–Crippen MR) is 101 cm³/mol. The van der Waals surface area contributed by atoms with Crippen LogP contribution in [0, 0.1) is 40.4 Å². The van der Waals surface area contributed by atoms with Gasteiger partial charge in [-0.15, -0.1) is 0 Å². The summed E-state index contributed by atoms with van der Waals surface area (Å²) in [4.78, 5) is 12.1. The zero-order chi connectivity index (χ0) is 18.2. The molecule has 146 valence electrons. The lowest BCUT2D eigenvalue weighted by Gasteiger charge is -2.60. The second kappa shape index (κ2) is 5.80. The first kappa shape index (κ1) is 17.7. The van der Waals surface area contributed by atoms with Gasteiger partial charge in [0.05, 0.1) is 13.2 Å². The number of Topliss-reactive ketones (excluding diaryl/α,β-unsaturated/α-hetero) is 1. The Morgan fingerprint density at radius 3 is 2.35 bits per heavy atom. The van der Waals surface area contributed by atoms with E-state index in [-0.39, 0.29) is 5.79 Å². The summed E-state index contributed by atoms with van der Waals surface area (Å²) in [5, 5.41) is 0. The van der Waals surface area contributed by atoms with Crippen LogP contribution in [0.4, 0.5) is 0 Å². The highest BCUT2D eigenvalue weighted by molar-refractivity contribution is 5.79. The smallest absolute Gasteiger partial charge is 0.169 e. The maximum absolute atomic E-state index is 12.1. The molecule has 3 heteroatoms. The Hall–Kier alpha value is -0.410. The van der Waals surface area contributed by atoms with Gasteiger partial charge in [0, 0.05) is 18.8 Å². The van der Waals surface area contributed by atoms with Crippen molar-refractivity contribution in [3.63, 3.8) is 0 Å². The Bertz CT molecular complexity index is 594. The van der Waals surface area contributed by atoms with Crippen LogP contribution in [0.2, 0.25) is 0 Å². The van der Waals surface area contributed by atoms with E-state index in [9.17, 15) is 4.79 Å². The summed E-state index contributed by atoms with van der Waals surface area (Å²) in [6.45, 7) is 8.82. The lowest BCUT2D eigenvalue weighted by Crippen LogP contribution is -2.55. The van der Waals surface area contributed by atoms with E-state index in [1.165, 1.54) is 38.5 Å². The van der Waals surface area contributed by atoms with Crippen molar-refractivity contribution in [2.24, 2.45) is 40.4 Å². The van der Waals surface area contributed by atoms with Gasteiger partial charge in [-0.3, -0.25) is 4.79 Å². The summed E-state index contributed by atoms with van der Waals surface area (Å²) in [6.07, 6.45) is 10.8. The van der Waals surface area contributed by atoms with Gasteiger partial charge in [-0.1, -0.05) is 13.8 Å². The van der Waals surface area contributed by atoms with Crippen molar-refractivity contribution in [1.29, 1.82) is 0 Å². The van der Waals surface area contributed by atoms with Crippen LogP contribution in [0.5, 0.6) is 0 Å². The molecule has 5 rings (SSSR count). The first-order chi connectivity index (χ1) is 12.4. The fourth-order valence-electron chi connectivity index (χ4n) is 8.64. The molecule has 0 radical (unpaired) electrons. The molecule has 0 amide bonds. The van der Waals surface area contributed by atoms with E-state index in [4.69, 9.17) is 9.47 Å². The zero-order valence-corrected chi connectivity index (χ0v) is 16.9. The van der Waals surface area contributed by atoms with Gasteiger partial charge in [-0.25, -0.2) is 0 Å². The second-order valence-electron chi connectivity index (χ2n) is 10.8. The summed E-state index contributed by atoms with van der Waals surface area (Å²) in [6, 6.07) is 0. The highest BCUT2D eigenvalue weighted by Gasteiger charge is 2.63. The monoisotopic (exact) mass is 360 g/mol. The van der Waals surface area contributed by atoms with E-state index in [1.807, 2.05) is 0 Å². The van der Waals surface area contributed by atoms with Crippen molar-refractivity contribution >= 4 is 5.78 Å². The molecule has 4 saturated carbocycles. The van der Waals surface area contributed by atoms with Crippen molar-refractivity contribution < 1.29 is 14.3 Å². The van der Waals surface area contributed by atoms with Gasteiger partial charge in [0.1, 0.15) is 5.78 Å². The van der Waals surface area contributed by atoms with Crippen LogP contribution >= 0.6 is 0 Å². The maximum Gasteiger partial charge on any atom is 0.169 e. The first-order valence-corrected chi connectivity index (χ1v) is 11.2. The van der Waals surface area contributed by atoms with Crippen molar-refractivity contribution in [3.8, 4) is 0 Å². The molecule has 7 unspecified atom stereocenters. The fourth-order valence-corrected chi connectivity index (χ4v) is 8.64. The van der Waals surface area contributed by atoms with Gasteiger partial charge in [0.15, 0.2) is 5.79 Å². The molecule has 4 aliphatic carbocycles. The quantitative estimate of drug-likeness (QED) is 0.662. The molecule has 1 heterocycles. The molecular formula is C23H36O3. The topological polar surface area (TPSA) is 35.5 Å². The van der Waals surface area contributed by atoms with Crippen molar-refractivity contribution in [1.82, 2.24) is 0 Å². The SMILES string of the molecule is CC1(C2CCC3C4CCC5CC(=O)CCC5(C)C4CCC32C)OCCO1. The summed E-state index contributed by atoms with van der Waals surface area (Å²) < 4.78 is 12.3. The Kier molecular flexibility index (Phi) is 3.94. The third kappa shape index (κ3) is 2.28. The zero-order valence-electron chi connectivity index (χ0n) is 16.9. The number of ketones is 1. The number of carbonyl (C=O) groups is 1. The molecule has 0 spiro atoms. The molecule has 0 bridgehead atoms. The van der Waals surface area contributed by atoms with Gasteiger partial charge in [0.25, 0.3) is 0 Å². The summed E-state index contributed by atoms with van der Waals surface area (Å²) >= 11 is 0. The average Bonchev–Trinajstić information content (AvgIpc) is 3.19. The van der Waals surface area contributed by atoms with Crippen LogP contribution < -0.4 is 0 Å². The number of carbonyl (C=O) groups excluding carboxylic acids is 1. The number of hydrogen-bond acceptors (Lipinski definition) is 3. The first-order valence-electron chi connectivity index (χ1n) is 11.2. The molecule has 26 heavy (non-hydrogen) atoms. The van der Waals surface area contributed by atoms with Crippen LogP contribution in [0.15, 0.2) is 0 Å². The van der Waals surface area contributed by atoms with Gasteiger partial charge in [-0.05, 0) is 86.4 Å². The molecule has 1 saturated heterocycles. The lowest BCUT2D eigenvalue weighted by molar-refractivity contribution is -0.217. The van der Waals surface area contributed by atoms with E-state index < -0.39 is 0 Å². The van der Waals surface area contributed by atoms with Gasteiger partial charge < -0.3 is 9.47 Å². The maximum atomic E-state index is 12.1. The highest BCUT2D eigenvalue weighted by atomic mass is 16.7. The standard InChI is InChI=1S/C23H36O3/c1-21-10-8-16(24)14-15(21)4-5-17-18-6-7-20(23(3)25-12-13-26-23)22(18,2)11-9-19(17)21/h15,17-20H,4-14H2,1-3H3. The van der Waals surface area contributed by atoms with Crippen LogP contribution in [-0.4, -0.2) is 24.8 Å². The summed E-state index contributed by atoms with van der Waals surface area (Å²) in [5.74, 6) is 3.90. The molecule has 5 aliphatic rings. The Balaban J connectivity index is 1.42. The average molecular weight is 361 g/mol. The van der Waals surface area contributed by atoms with Gasteiger partial charge >= 0.3 is 0 Å². The van der Waals surface area contributed by atoms with Gasteiger partial charge in [0.2, 0.25) is 0 Å². The predicted octanol–water partition coefficient (Wildman–Crippen LogP) is 4.98.